The number of allylic oxidation sites excluding steroid dienone is 3. The molecule has 0 aliphatic rings. The number of amides is 1. The minimum Gasteiger partial charge on any atom is -0.394 e. The third-order valence-electron chi connectivity index (χ3n) is 15.8. The van der Waals surface area contributed by atoms with E-state index < -0.39 is 24.2 Å². The van der Waals surface area contributed by atoms with Gasteiger partial charge in [0.1, 0.15) is 6.10 Å². The molecule has 3 atom stereocenters. The van der Waals surface area contributed by atoms with E-state index in [0.717, 1.165) is 38.5 Å². The van der Waals surface area contributed by atoms with Crippen LogP contribution in [0.4, 0.5) is 0 Å². The standard InChI is InChI=1S/C67H131NO4/c1-3-5-7-9-11-13-15-17-19-21-23-25-27-28-29-30-31-32-33-34-35-36-37-38-39-40-42-44-46-48-50-52-54-56-58-60-62-66(71)67(72)68-64(63-69)65(70)61-59-57-55-53-51-49-47-45-43-41-26-24-22-20-18-16-14-12-10-8-6-4-2/h51,53,59,61,64-66,69-71H,3-50,52,54-58,60,62-63H2,1-2H3,(H,68,72)/b53-51+,61-59+. The molecule has 0 saturated carbocycles. The SMILES string of the molecule is CCCCCCCCCCCCCCCCCC/C=C/CC/C=C/C(O)C(CO)NC(=O)C(O)CCCCCCCCCCCCCCCCCCCCCCCCCCCCCCCCCCCCCC. The Morgan fingerprint density at radius 3 is 0.847 bits per heavy atom. The lowest BCUT2D eigenvalue weighted by Crippen LogP contribution is -2.48. The van der Waals surface area contributed by atoms with E-state index in [0.29, 0.717) is 6.42 Å². The highest BCUT2D eigenvalue weighted by atomic mass is 16.3. The average Bonchev–Trinajstić information content (AvgIpc) is 3.39. The first-order chi connectivity index (χ1) is 35.6. The summed E-state index contributed by atoms with van der Waals surface area (Å²) in [7, 11) is 0. The van der Waals surface area contributed by atoms with Crippen molar-refractivity contribution in [3.05, 3.63) is 24.3 Å². The summed E-state index contributed by atoms with van der Waals surface area (Å²) in [6.07, 6.45) is 81.7. The van der Waals surface area contributed by atoms with Gasteiger partial charge in [-0.25, -0.2) is 0 Å². The number of hydrogen-bond donors (Lipinski definition) is 4. The lowest BCUT2D eigenvalue weighted by molar-refractivity contribution is -0.131. The number of carbonyl (C=O) groups excluding carboxylic acids is 1. The van der Waals surface area contributed by atoms with E-state index in [9.17, 15) is 20.1 Å². The average molecular weight is 1010 g/mol. The molecule has 1 amide bonds. The van der Waals surface area contributed by atoms with Crippen molar-refractivity contribution < 1.29 is 20.1 Å². The van der Waals surface area contributed by atoms with Crippen LogP contribution in [0.3, 0.4) is 0 Å². The summed E-state index contributed by atoms with van der Waals surface area (Å²) in [6, 6.07) is -0.813. The van der Waals surface area contributed by atoms with E-state index in [1.807, 2.05) is 6.08 Å². The fourth-order valence-corrected chi connectivity index (χ4v) is 10.7. The van der Waals surface area contributed by atoms with Crippen LogP contribution in [-0.4, -0.2) is 46.1 Å². The van der Waals surface area contributed by atoms with Gasteiger partial charge in [0.15, 0.2) is 0 Å². The predicted molar refractivity (Wildman–Crippen MR) is 319 cm³/mol. The van der Waals surface area contributed by atoms with Gasteiger partial charge in [-0.05, 0) is 32.1 Å². The molecule has 3 unspecified atom stereocenters. The first-order valence-electron chi connectivity index (χ1n) is 33.2. The molecule has 0 rings (SSSR count). The monoisotopic (exact) mass is 1010 g/mol. The van der Waals surface area contributed by atoms with Crippen molar-refractivity contribution in [1.29, 1.82) is 0 Å². The largest absolute Gasteiger partial charge is 0.394 e. The maximum Gasteiger partial charge on any atom is 0.249 e. The highest BCUT2D eigenvalue weighted by Crippen LogP contribution is 2.19. The van der Waals surface area contributed by atoms with Crippen LogP contribution >= 0.6 is 0 Å². The van der Waals surface area contributed by atoms with Gasteiger partial charge in [0.05, 0.1) is 18.8 Å². The molecule has 5 nitrogen and oxygen atoms in total. The number of aliphatic hydroxyl groups is 3. The van der Waals surface area contributed by atoms with E-state index >= 15 is 0 Å². The number of rotatable bonds is 62. The van der Waals surface area contributed by atoms with Gasteiger partial charge in [-0.3, -0.25) is 4.79 Å². The molecule has 0 radical (unpaired) electrons. The molecule has 0 aromatic carbocycles. The molecule has 0 aromatic rings. The Bertz CT molecular complexity index is 1080. The molecule has 0 aliphatic heterocycles. The second kappa shape index (κ2) is 62.4. The van der Waals surface area contributed by atoms with Crippen molar-refractivity contribution >= 4 is 5.91 Å². The Kier molecular flexibility index (Phi) is 61.4. The van der Waals surface area contributed by atoms with Crippen molar-refractivity contribution in [2.75, 3.05) is 6.61 Å². The summed E-state index contributed by atoms with van der Waals surface area (Å²) in [5.41, 5.74) is 0. The Labute approximate surface area is 452 Å². The smallest absolute Gasteiger partial charge is 0.249 e. The van der Waals surface area contributed by atoms with Crippen LogP contribution in [-0.2, 0) is 4.79 Å². The molecule has 0 bridgehead atoms. The highest BCUT2D eigenvalue weighted by Gasteiger charge is 2.22. The Hall–Kier alpha value is -1.17. The zero-order valence-corrected chi connectivity index (χ0v) is 49.1. The zero-order chi connectivity index (χ0) is 52.2. The highest BCUT2D eigenvalue weighted by molar-refractivity contribution is 5.80. The van der Waals surface area contributed by atoms with Gasteiger partial charge in [-0.15, -0.1) is 0 Å². The third-order valence-corrected chi connectivity index (χ3v) is 15.8. The number of nitrogens with one attached hydrogen (secondary N) is 1. The summed E-state index contributed by atoms with van der Waals surface area (Å²) in [4.78, 5) is 12.6. The number of unbranched alkanes of at least 4 members (excludes halogenated alkanes) is 52. The Morgan fingerprint density at radius 1 is 0.333 bits per heavy atom. The van der Waals surface area contributed by atoms with Crippen molar-refractivity contribution in [1.82, 2.24) is 5.32 Å². The topological polar surface area (TPSA) is 89.8 Å². The van der Waals surface area contributed by atoms with Crippen LogP contribution in [0.5, 0.6) is 0 Å². The normalized spacial score (nSPS) is 13.2. The fourth-order valence-electron chi connectivity index (χ4n) is 10.7. The summed E-state index contributed by atoms with van der Waals surface area (Å²) in [6.45, 7) is 4.22. The maximum atomic E-state index is 12.6. The van der Waals surface area contributed by atoms with Crippen LogP contribution < -0.4 is 5.32 Å². The summed E-state index contributed by atoms with van der Waals surface area (Å²) in [5.74, 6) is -0.505. The van der Waals surface area contributed by atoms with E-state index in [1.165, 1.54) is 315 Å². The molecule has 0 fully saturated rings. The second-order valence-corrected chi connectivity index (χ2v) is 23.0. The third kappa shape index (κ3) is 56.6. The van der Waals surface area contributed by atoms with Crippen molar-refractivity contribution in [2.45, 2.75) is 392 Å². The minimum absolute atomic E-state index is 0.372. The quantitative estimate of drug-likeness (QED) is 0.0361. The molecule has 0 heterocycles. The Morgan fingerprint density at radius 2 is 0.569 bits per heavy atom. The van der Waals surface area contributed by atoms with Crippen molar-refractivity contribution in [2.24, 2.45) is 0 Å². The molecule has 0 aromatic heterocycles. The van der Waals surface area contributed by atoms with Gasteiger partial charge in [-0.2, -0.15) is 0 Å². The molecule has 0 spiro atoms. The van der Waals surface area contributed by atoms with Crippen LogP contribution in [0.15, 0.2) is 24.3 Å². The van der Waals surface area contributed by atoms with Crippen LogP contribution in [0.1, 0.15) is 373 Å². The fraction of sp³-hybridized carbons (Fsp3) is 0.925. The number of aliphatic hydroxyl groups excluding tert-OH is 3. The first-order valence-corrected chi connectivity index (χ1v) is 33.2. The van der Waals surface area contributed by atoms with Gasteiger partial charge in [-0.1, -0.05) is 366 Å². The molecule has 0 saturated heterocycles. The van der Waals surface area contributed by atoms with Crippen LogP contribution in [0, 0.1) is 0 Å². The van der Waals surface area contributed by atoms with E-state index in [-0.39, 0.29) is 6.61 Å². The minimum atomic E-state index is -1.10. The van der Waals surface area contributed by atoms with Crippen molar-refractivity contribution in [3.8, 4) is 0 Å². The van der Waals surface area contributed by atoms with E-state index in [2.05, 4.69) is 31.3 Å². The zero-order valence-electron chi connectivity index (χ0n) is 49.1. The van der Waals surface area contributed by atoms with E-state index in [4.69, 9.17) is 0 Å². The van der Waals surface area contributed by atoms with Gasteiger partial charge in [0.25, 0.3) is 0 Å². The van der Waals surface area contributed by atoms with Crippen molar-refractivity contribution in [3.63, 3.8) is 0 Å². The van der Waals surface area contributed by atoms with Gasteiger partial charge >= 0.3 is 0 Å². The molecule has 72 heavy (non-hydrogen) atoms. The molecule has 5 heteroatoms. The maximum absolute atomic E-state index is 12.6. The molecule has 428 valence electrons. The second-order valence-electron chi connectivity index (χ2n) is 23.0. The van der Waals surface area contributed by atoms with Gasteiger partial charge < -0.3 is 20.6 Å². The van der Waals surface area contributed by atoms with Crippen LogP contribution in [0.2, 0.25) is 0 Å². The molecular formula is C67H131NO4. The van der Waals surface area contributed by atoms with Gasteiger partial charge in [0.2, 0.25) is 5.91 Å². The lowest BCUT2D eigenvalue weighted by atomic mass is 10.0. The lowest BCUT2D eigenvalue weighted by Gasteiger charge is -2.21. The van der Waals surface area contributed by atoms with Gasteiger partial charge in [0, 0.05) is 0 Å². The predicted octanol–water partition coefficient (Wildman–Crippen LogP) is 21.2. The number of hydrogen-bond acceptors (Lipinski definition) is 4. The molecule has 4 N–H and O–H groups in total. The summed E-state index contributed by atoms with van der Waals surface area (Å²) in [5, 5.41) is 33.4. The summed E-state index contributed by atoms with van der Waals surface area (Å²) >= 11 is 0. The summed E-state index contributed by atoms with van der Waals surface area (Å²) < 4.78 is 0. The Balaban J connectivity index is 3.48. The molecular weight excluding hydrogens is 883 g/mol. The van der Waals surface area contributed by atoms with Crippen LogP contribution in [0.25, 0.3) is 0 Å². The van der Waals surface area contributed by atoms with E-state index in [1.54, 1.807) is 6.08 Å². The first kappa shape index (κ1) is 70.8. The number of carbonyl (C=O) groups is 1. The molecule has 0 aliphatic carbocycles.